The molecule has 0 spiro atoms. The second-order valence-corrected chi connectivity index (χ2v) is 1.34. The Kier molecular flexibility index (Phi) is 2.12. The Balaban J connectivity index is 3.55. The predicted octanol–water partition coefficient (Wildman–Crippen LogP) is 0.766. The fourth-order valence-corrected chi connectivity index (χ4v) is 0.0962. The van der Waals surface area contributed by atoms with E-state index in [-0.39, 0.29) is 0 Å². The summed E-state index contributed by atoms with van der Waals surface area (Å²) in [7, 11) is 0. The number of rotatable bonds is 2. The van der Waals surface area contributed by atoms with Gasteiger partial charge in [0.2, 0.25) is 0 Å². The normalized spacial score (nSPS) is 12.7. The van der Waals surface area contributed by atoms with Crippen LogP contribution in [0.25, 0.3) is 0 Å². The number of hydrogen-bond acceptors (Lipinski definition) is 1. The summed E-state index contributed by atoms with van der Waals surface area (Å²) in [4.78, 5) is 9.75. The highest BCUT2D eigenvalue weighted by molar-refractivity contribution is 5.70. The molecule has 0 saturated carbocycles. The molecule has 0 aromatic carbocycles. The summed E-state index contributed by atoms with van der Waals surface area (Å²) in [5.41, 5.74) is 0. The Morgan fingerprint density at radius 3 is 2.29 bits per heavy atom. The first-order chi connectivity index (χ1) is 3.18. The molecular formula is C5H7O2. The van der Waals surface area contributed by atoms with Gasteiger partial charge in [-0.15, -0.1) is 6.58 Å². The van der Waals surface area contributed by atoms with Gasteiger partial charge in [0.15, 0.2) is 0 Å². The third-order valence-corrected chi connectivity index (χ3v) is 0.725. The molecule has 2 nitrogen and oxygen atoms in total. The molecular weight excluding hydrogens is 92.1 g/mol. The van der Waals surface area contributed by atoms with Gasteiger partial charge in [-0.05, 0) is 6.92 Å². The first-order valence-electron chi connectivity index (χ1n) is 2.02. The molecule has 0 heterocycles. The Bertz CT molecular complexity index is 86.1. The van der Waals surface area contributed by atoms with E-state index >= 15 is 0 Å². The summed E-state index contributed by atoms with van der Waals surface area (Å²) in [5.74, 6) is -1.60. The van der Waals surface area contributed by atoms with Crippen molar-refractivity contribution in [2.45, 2.75) is 6.92 Å². The highest BCUT2D eigenvalue weighted by Gasteiger charge is 2.05. The van der Waals surface area contributed by atoms with Crippen molar-refractivity contribution in [1.29, 1.82) is 0 Å². The van der Waals surface area contributed by atoms with Crippen LogP contribution >= 0.6 is 0 Å². The maximum absolute atomic E-state index is 9.75. The Morgan fingerprint density at radius 1 is 1.86 bits per heavy atom. The maximum atomic E-state index is 9.75. The summed E-state index contributed by atoms with van der Waals surface area (Å²) in [5, 5.41) is 9.75. The van der Waals surface area contributed by atoms with Crippen LogP contribution in [0.2, 0.25) is 0 Å². The van der Waals surface area contributed by atoms with Gasteiger partial charge in [0.25, 0.3) is 0 Å². The van der Waals surface area contributed by atoms with E-state index in [1.54, 1.807) is 0 Å². The second-order valence-electron chi connectivity index (χ2n) is 1.34. The lowest BCUT2D eigenvalue weighted by molar-refractivity contribution is -0.145. The summed E-state index contributed by atoms with van der Waals surface area (Å²) in [6.07, 6.45) is 1.33. The minimum absolute atomic E-state index is 0.528. The van der Waals surface area contributed by atoms with E-state index in [0.29, 0.717) is 0 Å². The fraction of sp³-hybridized carbons (Fsp3) is 0.400. The molecule has 1 unspecified atom stereocenters. The van der Waals surface area contributed by atoms with Crippen molar-refractivity contribution < 1.29 is 9.90 Å². The molecule has 7 heavy (non-hydrogen) atoms. The molecule has 0 N–H and O–H groups in total. The van der Waals surface area contributed by atoms with Crippen LogP contribution in [0.3, 0.4) is 0 Å². The average Bonchev–Trinajstić information content (AvgIpc) is 1.65. The molecule has 0 aromatic rings. The van der Waals surface area contributed by atoms with Crippen molar-refractivity contribution in [2.24, 2.45) is 5.92 Å². The highest BCUT2D eigenvalue weighted by atomic mass is 16.4. The van der Waals surface area contributed by atoms with Gasteiger partial charge in [0.1, 0.15) is 0 Å². The molecule has 2 heteroatoms. The van der Waals surface area contributed by atoms with Crippen LogP contribution < -0.4 is 0 Å². The second kappa shape index (κ2) is 2.39. The van der Waals surface area contributed by atoms with Crippen molar-refractivity contribution >= 4 is 5.97 Å². The van der Waals surface area contributed by atoms with Crippen molar-refractivity contribution in [3.05, 3.63) is 12.7 Å². The van der Waals surface area contributed by atoms with E-state index in [9.17, 15) is 9.90 Å². The van der Waals surface area contributed by atoms with Gasteiger partial charge < -0.3 is 0 Å². The minimum Gasteiger partial charge on any atom is -0.247 e. The Morgan fingerprint density at radius 2 is 2.29 bits per heavy atom. The van der Waals surface area contributed by atoms with Gasteiger partial charge in [-0.2, -0.15) is 0 Å². The van der Waals surface area contributed by atoms with Gasteiger partial charge in [-0.3, -0.25) is 0 Å². The first kappa shape index (κ1) is 6.21. The fourth-order valence-electron chi connectivity index (χ4n) is 0.0962. The molecule has 39 valence electrons. The summed E-state index contributed by atoms with van der Waals surface area (Å²) in [6.45, 7) is 4.78. The van der Waals surface area contributed by atoms with Crippen LogP contribution in [0, 0.1) is 5.92 Å². The van der Waals surface area contributed by atoms with E-state index in [1.807, 2.05) is 0 Å². The molecule has 0 rings (SSSR count). The number of carbonyl (C=O) groups excluding carboxylic acids is 1. The van der Waals surface area contributed by atoms with Crippen LogP contribution in [0.1, 0.15) is 6.92 Å². The van der Waals surface area contributed by atoms with E-state index in [0.717, 1.165) is 0 Å². The Labute approximate surface area is 42.5 Å². The average molecular weight is 99.1 g/mol. The monoisotopic (exact) mass is 99.0 g/mol. The number of hydrogen-bond donors (Lipinski definition) is 0. The minimum atomic E-state index is -1.07. The predicted molar refractivity (Wildman–Crippen MR) is 25.1 cm³/mol. The largest absolute Gasteiger partial charge is 0.362 e. The molecule has 0 aliphatic heterocycles. The molecule has 0 amide bonds. The molecule has 0 fully saturated rings. The van der Waals surface area contributed by atoms with Crippen molar-refractivity contribution in [3.8, 4) is 0 Å². The van der Waals surface area contributed by atoms with Gasteiger partial charge >= 0.3 is 5.97 Å². The molecule has 0 bridgehead atoms. The summed E-state index contributed by atoms with van der Waals surface area (Å²) >= 11 is 0. The van der Waals surface area contributed by atoms with Crippen molar-refractivity contribution in [2.75, 3.05) is 0 Å². The lowest BCUT2D eigenvalue weighted by Crippen LogP contribution is -2.02. The molecule has 0 aliphatic rings. The summed E-state index contributed by atoms with van der Waals surface area (Å²) < 4.78 is 0. The van der Waals surface area contributed by atoms with E-state index < -0.39 is 11.9 Å². The third-order valence-electron chi connectivity index (χ3n) is 0.725. The molecule has 0 aromatic heterocycles. The van der Waals surface area contributed by atoms with Gasteiger partial charge in [-0.1, -0.05) is 6.08 Å². The van der Waals surface area contributed by atoms with Crippen molar-refractivity contribution in [3.63, 3.8) is 0 Å². The van der Waals surface area contributed by atoms with Crippen LogP contribution in [0.15, 0.2) is 12.7 Å². The van der Waals surface area contributed by atoms with E-state index in [1.165, 1.54) is 13.0 Å². The van der Waals surface area contributed by atoms with E-state index in [2.05, 4.69) is 6.58 Å². The quantitative estimate of drug-likeness (QED) is 0.471. The maximum Gasteiger partial charge on any atom is 0.362 e. The zero-order chi connectivity index (χ0) is 5.86. The van der Waals surface area contributed by atoms with Gasteiger partial charge in [-0.25, -0.2) is 9.90 Å². The molecule has 1 atom stereocenters. The molecule has 0 saturated heterocycles. The van der Waals surface area contributed by atoms with Crippen molar-refractivity contribution in [1.82, 2.24) is 0 Å². The Hall–Kier alpha value is -0.790. The van der Waals surface area contributed by atoms with E-state index in [4.69, 9.17) is 0 Å². The van der Waals surface area contributed by atoms with Gasteiger partial charge in [0.05, 0.1) is 5.92 Å². The highest BCUT2D eigenvalue weighted by Crippen LogP contribution is 1.92. The lowest BCUT2D eigenvalue weighted by Gasteiger charge is -1.88. The SMILES string of the molecule is C=CC(C)C([O])=O. The lowest BCUT2D eigenvalue weighted by atomic mass is 10.2. The number of carbonyl (C=O) groups is 1. The smallest absolute Gasteiger partial charge is 0.247 e. The van der Waals surface area contributed by atoms with Crippen LogP contribution in [-0.4, -0.2) is 5.97 Å². The standard InChI is InChI=1S/C5H7O2/c1-3-4(2)5(6)7/h3-4H,1H2,2H3. The molecule has 0 aliphatic carbocycles. The van der Waals surface area contributed by atoms with Crippen LogP contribution in [0.5, 0.6) is 0 Å². The third kappa shape index (κ3) is 1.98. The van der Waals surface area contributed by atoms with Crippen LogP contribution in [0.4, 0.5) is 0 Å². The zero-order valence-corrected chi connectivity index (χ0v) is 4.18. The zero-order valence-electron chi connectivity index (χ0n) is 4.18. The topological polar surface area (TPSA) is 37.0 Å². The van der Waals surface area contributed by atoms with Crippen LogP contribution in [-0.2, 0) is 9.90 Å². The molecule has 1 radical (unpaired) electrons. The first-order valence-corrected chi connectivity index (χ1v) is 2.02. The van der Waals surface area contributed by atoms with Gasteiger partial charge in [0, 0.05) is 0 Å². The summed E-state index contributed by atoms with van der Waals surface area (Å²) in [6, 6.07) is 0.